The SMILES string of the molecule is Cc1ccccc1NC(=O)C1CCCNC1.Cl. The molecule has 17 heavy (non-hydrogen) atoms. The number of carbonyl (C=O) groups excluding carboxylic acids is 1. The Kier molecular flexibility index (Phi) is 5.45. The summed E-state index contributed by atoms with van der Waals surface area (Å²) in [6, 6.07) is 7.88. The number of hydrogen-bond acceptors (Lipinski definition) is 2. The predicted octanol–water partition coefficient (Wildman–Crippen LogP) is 2.35. The maximum Gasteiger partial charge on any atom is 0.228 e. The first kappa shape index (κ1) is 14.0. The Hall–Kier alpha value is -1.06. The fourth-order valence-corrected chi connectivity index (χ4v) is 2.02. The van der Waals surface area contributed by atoms with Crippen molar-refractivity contribution < 1.29 is 4.79 Å². The van der Waals surface area contributed by atoms with Gasteiger partial charge in [-0.25, -0.2) is 0 Å². The van der Waals surface area contributed by atoms with Crippen LogP contribution in [0.5, 0.6) is 0 Å². The normalized spacial score (nSPS) is 19.2. The average Bonchev–Trinajstić information content (AvgIpc) is 2.33. The van der Waals surface area contributed by atoms with Gasteiger partial charge in [-0.2, -0.15) is 0 Å². The largest absolute Gasteiger partial charge is 0.326 e. The van der Waals surface area contributed by atoms with Crippen molar-refractivity contribution in [3.8, 4) is 0 Å². The van der Waals surface area contributed by atoms with Crippen LogP contribution in [-0.2, 0) is 4.79 Å². The molecule has 1 unspecified atom stereocenters. The van der Waals surface area contributed by atoms with E-state index in [9.17, 15) is 4.79 Å². The fraction of sp³-hybridized carbons (Fsp3) is 0.462. The van der Waals surface area contributed by atoms with Crippen molar-refractivity contribution >= 4 is 24.0 Å². The highest BCUT2D eigenvalue weighted by Gasteiger charge is 2.20. The van der Waals surface area contributed by atoms with Crippen LogP contribution < -0.4 is 10.6 Å². The summed E-state index contributed by atoms with van der Waals surface area (Å²) in [7, 11) is 0. The number of piperidine rings is 1. The minimum Gasteiger partial charge on any atom is -0.326 e. The number of anilines is 1. The Morgan fingerprint density at radius 3 is 2.82 bits per heavy atom. The summed E-state index contributed by atoms with van der Waals surface area (Å²) in [4.78, 5) is 12.0. The van der Waals surface area contributed by atoms with Gasteiger partial charge < -0.3 is 10.6 Å². The van der Waals surface area contributed by atoms with Crippen LogP contribution in [0.3, 0.4) is 0 Å². The van der Waals surface area contributed by atoms with Crippen LogP contribution in [0.15, 0.2) is 24.3 Å². The Morgan fingerprint density at radius 2 is 2.18 bits per heavy atom. The molecule has 0 bridgehead atoms. The highest BCUT2D eigenvalue weighted by Crippen LogP contribution is 2.17. The molecule has 1 aromatic rings. The molecule has 0 radical (unpaired) electrons. The van der Waals surface area contributed by atoms with Crippen molar-refractivity contribution in [3.63, 3.8) is 0 Å². The molecule has 2 rings (SSSR count). The number of halogens is 1. The predicted molar refractivity (Wildman–Crippen MR) is 72.7 cm³/mol. The summed E-state index contributed by atoms with van der Waals surface area (Å²) in [6.07, 6.45) is 2.08. The van der Waals surface area contributed by atoms with Gasteiger partial charge in [0.15, 0.2) is 0 Å². The van der Waals surface area contributed by atoms with Crippen molar-refractivity contribution in [3.05, 3.63) is 29.8 Å². The standard InChI is InChI=1S/C13H18N2O.ClH/c1-10-5-2-3-7-12(10)15-13(16)11-6-4-8-14-9-11;/h2-3,5,7,11,14H,4,6,8-9H2,1H3,(H,15,16);1H. The maximum absolute atomic E-state index is 12.0. The molecule has 0 spiro atoms. The van der Waals surface area contributed by atoms with Gasteiger partial charge in [-0.3, -0.25) is 4.79 Å². The Balaban J connectivity index is 0.00000144. The van der Waals surface area contributed by atoms with Gasteiger partial charge in [-0.15, -0.1) is 12.4 Å². The topological polar surface area (TPSA) is 41.1 Å². The van der Waals surface area contributed by atoms with E-state index in [1.54, 1.807) is 0 Å². The molecule has 1 aliphatic heterocycles. The molecular weight excluding hydrogens is 236 g/mol. The van der Waals surface area contributed by atoms with Crippen LogP contribution in [0.1, 0.15) is 18.4 Å². The molecule has 1 heterocycles. The summed E-state index contributed by atoms with van der Waals surface area (Å²) < 4.78 is 0. The maximum atomic E-state index is 12.0. The number of rotatable bonds is 2. The lowest BCUT2D eigenvalue weighted by atomic mass is 9.98. The van der Waals surface area contributed by atoms with E-state index in [4.69, 9.17) is 0 Å². The summed E-state index contributed by atoms with van der Waals surface area (Å²) in [5.74, 6) is 0.259. The monoisotopic (exact) mass is 254 g/mol. The van der Waals surface area contributed by atoms with Gasteiger partial charge in [-0.05, 0) is 37.9 Å². The van der Waals surface area contributed by atoms with E-state index >= 15 is 0 Å². The number of aryl methyl sites for hydroxylation is 1. The number of para-hydroxylation sites is 1. The third-order valence-corrected chi connectivity index (χ3v) is 3.07. The zero-order chi connectivity index (χ0) is 11.4. The number of benzene rings is 1. The number of hydrogen-bond donors (Lipinski definition) is 2. The van der Waals surface area contributed by atoms with Gasteiger partial charge in [0, 0.05) is 12.2 Å². The number of carbonyl (C=O) groups is 1. The second kappa shape index (κ2) is 6.62. The molecule has 3 nitrogen and oxygen atoms in total. The highest BCUT2D eigenvalue weighted by molar-refractivity contribution is 5.93. The van der Waals surface area contributed by atoms with Crippen molar-refractivity contribution in [2.24, 2.45) is 5.92 Å². The average molecular weight is 255 g/mol. The van der Waals surface area contributed by atoms with Crippen LogP contribution in [0.25, 0.3) is 0 Å². The molecule has 1 fully saturated rings. The molecule has 4 heteroatoms. The smallest absolute Gasteiger partial charge is 0.228 e. The highest BCUT2D eigenvalue weighted by atomic mass is 35.5. The zero-order valence-corrected chi connectivity index (χ0v) is 10.8. The first-order valence-corrected chi connectivity index (χ1v) is 5.84. The third kappa shape index (κ3) is 3.72. The van der Waals surface area contributed by atoms with Gasteiger partial charge in [0.25, 0.3) is 0 Å². The molecule has 94 valence electrons. The van der Waals surface area contributed by atoms with Crippen molar-refractivity contribution in [1.29, 1.82) is 0 Å². The molecule has 0 saturated carbocycles. The Morgan fingerprint density at radius 1 is 1.41 bits per heavy atom. The minimum absolute atomic E-state index is 0. The summed E-state index contributed by atoms with van der Waals surface area (Å²) in [5, 5.41) is 6.26. The van der Waals surface area contributed by atoms with Crippen LogP contribution in [0.2, 0.25) is 0 Å². The molecule has 2 N–H and O–H groups in total. The fourth-order valence-electron chi connectivity index (χ4n) is 2.02. The molecule has 0 aromatic heterocycles. The summed E-state index contributed by atoms with van der Waals surface area (Å²) >= 11 is 0. The number of amides is 1. The van der Waals surface area contributed by atoms with E-state index < -0.39 is 0 Å². The molecule has 1 aliphatic rings. The molecule has 1 saturated heterocycles. The lowest BCUT2D eigenvalue weighted by Crippen LogP contribution is -2.37. The van der Waals surface area contributed by atoms with E-state index in [0.717, 1.165) is 37.2 Å². The van der Waals surface area contributed by atoms with Crippen LogP contribution in [-0.4, -0.2) is 19.0 Å². The van der Waals surface area contributed by atoms with E-state index in [0.29, 0.717) is 0 Å². The van der Waals surface area contributed by atoms with Crippen molar-refractivity contribution in [2.75, 3.05) is 18.4 Å². The number of nitrogens with one attached hydrogen (secondary N) is 2. The molecular formula is C13H19ClN2O. The third-order valence-electron chi connectivity index (χ3n) is 3.07. The van der Waals surface area contributed by atoms with E-state index in [2.05, 4.69) is 10.6 Å². The molecule has 1 amide bonds. The minimum atomic E-state index is 0. The first-order chi connectivity index (χ1) is 7.77. The van der Waals surface area contributed by atoms with Crippen molar-refractivity contribution in [1.82, 2.24) is 5.32 Å². The second-order valence-corrected chi connectivity index (χ2v) is 4.35. The van der Waals surface area contributed by atoms with Gasteiger partial charge in [-0.1, -0.05) is 18.2 Å². The van der Waals surface area contributed by atoms with E-state index in [1.165, 1.54) is 0 Å². The van der Waals surface area contributed by atoms with Gasteiger partial charge >= 0.3 is 0 Å². The molecule has 1 aromatic carbocycles. The Bertz CT molecular complexity index is 375. The van der Waals surface area contributed by atoms with Gasteiger partial charge in [0.1, 0.15) is 0 Å². The van der Waals surface area contributed by atoms with Crippen LogP contribution in [0, 0.1) is 12.8 Å². The summed E-state index contributed by atoms with van der Waals surface area (Å²) in [5.41, 5.74) is 2.04. The molecule has 1 atom stereocenters. The molecule has 0 aliphatic carbocycles. The van der Waals surface area contributed by atoms with Crippen LogP contribution >= 0.6 is 12.4 Å². The zero-order valence-electron chi connectivity index (χ0n) is 10.0. The van der Waals surface area contributed by atoms with E-state index in [1.807, 2.05) is 31.2 Å². The van der Waals surface area contributed by atoms with Gasteiger partial charge in [0.05, 0.1) is 5.92 Å². The second-order valence-electron chi connectivity index (χ2n) is 4.35. The van der Waals surface area contributed by atoms with Crippen molar-refractivity contribution in [2.45, 2.75) is 19.8 Å². The quantitative estimate of drug-likeness (QED) is 0.851. The Labute approximate surface area is 108 Å². The summed E-state index contributed by atoms with van der Waals surface area (Å²) in [6.45, 7) is 3.85. The van der Waals surface area contributed by atoms with Crippen LogP contribution in [0.4, 0.5) is 5.69 Å². The lowest BCUT2D eigenvalue weighted by molar-refractivity contribution is -0.120. The first-order valence-electron chi connectivity index (χ1n) is 5.84. The lowest BCUT2D eigenvalue weighted by Gasteiger charge is -2.22. The van der Waals surface area contributed by atoms with E-state index in [-0.39, 0.29) is 24.2 Å². The van der Waals surface area contributed by atoms with Gasteiger partial charge in [0.2, 0.25) is 5.91 Å².